The van der Waals surface area contributed by atoms with Gasteiger partial charge in [-0.05, 0) is 96.9 Å². The molecule has 5 rings (SSSR count). The number of rotatable bonds is 12. The van der Waals surface area contributed by atoms with Crippen molar-refractivity contribution in [2.45, 2.75) is 55.1 Å². The number of carbonyl (C=O) groups is 1. The van der Waals surface area contributed by atoms with Crippen LogP contribution >= 0.6 is 11.6 Å². The van der Waals surface area contributed by atoms with Gasteiger partial charge in [0, 0.05) is 24.2 Å². The van der Waals surface area contributed by atoms with E-state index in [1.54, 1.807) is 42.5 Å². The standard InChI is InChI=1S/C34H36ClF2N3O4S/c1-40(20-4-19-38)33(41)32(34(36,37)27-13-7-23(8-14-27)24-9-15-28(35)16-10-24)39-45(42,43)31-18-12-25-21-30(17-11-26(25)22-31)44-29-5-2-3-6-29/h7-18,21-22,29,32,39H,2-6,19-20,38H2,1H3/t32-/m1/s1. The molecule has 1 aliphatic carbocycles. The van der Waals surface area contributed by atoms with Gasteiger partial charge in [-0.15, -0.1) is 0 Å². The lowest BCUT2D eigenvalue weighted by Gasteiger charge is -2.30. The number of fused-ring (bicyclic) bond motifs is 1. The molecule has 1 saturated carbocycles. The van der Waals surface area contributed by atoms with Crippen LogP contribution in [0.3, 0.4) is 0 Å². The Morgan fingerprint density at radius 2 is 1.58 bits per heavy atom. The van der Waals surface area contributed by atoms with E-state index >= 15 is 8.78 Å². The van der Waals surface area contributed by atoms with Gasteiger partial charge in [-0.1, -0.05) is 60.1 Å². The molecule has 0 aromatic heterocycles. The van der Waals surface area contributed by atoms with Crippen LogP contribution in [0.15, 0.2) is 89.8 Å². The average Bonchev–Trinajstić information content (AvgIpc) is 3.55. The zero-order valence-electron chi connectivity index (χ0n) is 24.9. The van der Waals surface area contributed by atoms with Crippen LogP contribution in [0.4, 0.5) is 8.78 Å². The van der Waals surface area contributed by atoms with Crippen molar-refractivity contribution in [3.63, 3.8) is 0 Å². The van der Waals surface area contributed by atoms with Gasteiger partial charge in [0.1, 0.15) is 5.75 Å². The molecule has 1 atom stereocenters. The monoisotopic (exact) mass is 655 g/mol. The Balaban J connectivity index is 1.43. The number of nitrogens with two attached hydrogens (primary N) is 1. The van der Waals surface area contributed by atoms with E-state index in [1.807, 2.05) is 10.8 Å². The zero-order chi connectivity index (χ0) is 32.2. The highest BCUT2D eigenvalue weighted by molar-refractivity contribution is 7.89. The Bertz CT molecular complexity index is 1750. The summed E-state index contributed by atoms with van der Waals surface area (Å²) in [6, 6.07) is 19.5. The Morgan fingerprint density at radius 1 is 0.978 bits per heavy atom. The molecule has 0 heterocycles. The summed E-state index contributed by atoms with van der Waals surface area (Å²) in [7, 11) is -3.22. The third-order valence-corrected chi connectivity index (χ3v) is 9.77. The largest absolute Gasteiger partial charge is 0.490 e. The van der Waals surface area contributed by atoms with Crippen molar-refractivity contribution in [2.75, 3.05) is 20.1 Å². The Hall–Kier alpha value is -3.57. The van der Waals surface area contributed by atoms with Gasteiger partial charge in [0.25, 0.3) is 5.92 Å². The quantitative estimate of drug-likeness (QED) is 0.176. The Morgan fingerprint density at radius 3 is 2.22 bits per heavy atom. The molecule has 3 N–H and O–H groups in total. The number of likely N-dealkylation sites (N-methyl/N-ethyl adjacent to an activating group) is 1. The molecule has 0 unspecified atom stereocenters. The van der Waals surface area contributed by atoms with Crippen LogP contribution in [-0.2, 0) is 20.7 Å². The minimum atomic E-state index is -4.57. The van der Waals surface area contributed by atoms with Gasteiger partial charge >= 0.3 is 0 Å². The van der Waals surface area contributed by atoms with Crippen molar-refractivity contribution < 1.29 is 26.7 Å². The highest BCUT2D eigenvalue weighted by Gasteiger charge is 2.49. The molecule has 4 aromatic rings. The van der Waals surface area contributed by atoms with Crippen molar-refractivity contribution in [3.8, 4) is 16.9 Å². The number of benzene rings is 4. The topological polar surface area (TPSA) is 102 Å². The molecular weight excluding hydrogens is 620 g/mol. The first-order chi connectivity index (χ1) is 21.5. The number of amides is 1. The lowest BCUT2D eigenvalue weighted by molar-refractivity contribution is -0.143. The van der Waals surface area contributed by atoms with Crippen molar-refractivity contribution in [1.82, 2.24) is 9.62 Å². The second-order valence-electron chi connectivity index (χ2n) is 11.4. The highest BCUT2D eigenvalue weighted by atomic mass is 35.5. The maximum atomic E-state index is 16.2. The van der Waals surface area contributed by atoms with Gasteiger partial charge in [-0.3, -0.25) is 4.79 Å². The molecule has 0 bridgehead atoms. The fourth-order valence-corrected chi connectivity index (χ4v) is 6.85. The first-order valence-electron chi connectivity index (χ1n) is 14.9. The van der Waals surface area contributed by atoms with Crippen LogP contribution in [0.5, 0.6) is 5.75 Å². The molecule has 0 spiro atoms. The molecule has 0 radical (unpaired) electrons. The SMILES string of the molecule is CN(CCCN)C(=O)[C@@H](NS(=O)(=O)c1ccc2cc(OC3CCCC3)ccc2c1)C(F)(F)c1ccc(-c2ccc(Cl)cc2)cc1. The molecule has 4 aromatic carbocycles. The van der Waals surface area contributed by atoms with Gasteiger partial charge in [0.15, 0.2) is 6.04 Å². The minimum Gasteiger partial charge on any atom is -0.490 e. The normalized spacial score (nSPS) is 14.9. The number of halogens is 3. The maximum absolute atomic E-state index is 16.2. The first-order valence-corrected chi connectivity index (χ1v) is 16.8. The number of sulfonamides is 1. The van der Waals surface area contributed by atoms with Crippen LogP contribution in [0.2, 0.25) is 5.02 Å². The Labute approximate surface area is 267 Å². The number of hydrogen-bond acceptors (Lipinski definition) is 5. The van der Waals surface area contributed by atoms with E-state index in [4.69, 9.17) is 22.1 Å². The molecule has 1 aliphatic rings. The molecule has 45 heavy (non-hydrogen) atoms. The van der Waals surface area contributed by atoms with Gasteiger partial charge in [0.2, 0.25) is 15.9 Å². The van der Waals surface area contributed by atoms with E-state index in [9.17, 15) is 13.2 Å². The summed E-state index contributed by atoms with van der Waals surface area (Å²) in [6.45, 7) is 0.321. The average molecular weight is 656 g/mol. The molecule has 0 aliphatic heterocycles. The third kappa shape index (κ3) is 7.64. The second kappa shape index (κ2) is 13.8. The van der Waals surface area contributed by atoms with Gasteiger partial charge in [0.05, 0.1) is 11.0 Å². The lowest BCUT2D eigenvalue weighted by Crippen LogP contribution is -2.55. The number of carbonyl (C=O) groups excluding carboxylic acids is 1. The molecule has 238 valence electrons. The smallest absolute Gasteiger partial charge is 0.298 e. The second-order valence-corrected chi connectivity index (χ2v) is 13.5. The van der Waals surface area contributed by atoms with E-state index in [0.717, 1.165) is 41.5 Å². The van der Waals surface area contributed by atoms with Gasteiger partial charge in [-0.2, -0.15) is 13.5 Å². The molecular formula is C34H36ClF2N3O4S. The predicted octanol–water partition coefficient (Wildman–Crippen LogP) is 6.73. The summed E-state index contributed by atoms with van der Waals surface area (Å²) < 4.78 is 67.7. The minimum absolute atomic E-state index is 0.0837. The van der Waals surface area contributed by atoms with Crippen LogP contribution < -0.4 is 15.2 Å². The molecule has 7 nitrogen and oxygen atoms in total. The summed E-state index contributed by atoms with van der Waals surface area (Å²) in [5.74, 6) is -4.28. The number of hydrogen-bond donors (Lipinski definition) is 2. The molecule has 1 fully saturated rings. The molecule has 0 saturated heterocycles. The number of nitrogens with zero attached hydrogens (tertiary/aromatic N) is 1. The van der Waals surface area contributed by atoms with E-state index in [0.29, 0.717) is 28.1 Å². The van der Waals surface area contributed by atoms with Crippen molar-refractivity contribution in [1.29, 1.82) is 0 Å². The molecule has 1 amide bonds. The number of alkyl halides is 2. The fraction of sp³-hybridized carbons (Fsp3) is 0.324. The summed E-state index contributed by atoms with van der Waals surface area (Å²) >= 11 is 5.96. The van der Waals surface area contributed by atoms with Crippen LogP contribution in [0.1, 0.15) is 37.7 Å². The summed E-state index contributed by atoms with van der Waals surface area (Å²) in [5.41, 5.74) is 6.47. The van der Waals surface area contributed by atoms with Gasteiger partial charge in [-0.25, -0.2) is 8.42 Å². The summed E-state index contributed by atoms with van der Waals surface area (Å²) in [4.78, 5) is 14.3. The van der Waals surface area contributed by atoms with E-state index in [1.165, 1.54) is 43.4 Å². The summed E-state index contributed by atoms with van der Waals surface area (Å²) in [6.07, 6.45) is 4.79. The number of nitrogens with one attached hydrogen (secondary N) is 1. The Kier molecular flexibility index (Phi) is 10.1. The first kappa shape index (κ1) is 32.8. The highest BCUT2D eigenvalue weighted by Crippen LogP contribution is 2.36. The maximum Gasteiger partial charge on any atom is 0.298 e. The van der Waals surface area contributed by atoms with Crippen LogP contribution in [-0.4, -0.2) is 51.5 Å². The third-order valence-electron chi connectivity index (χ3n) is 8.10. The van der Waals surface area contributed by atoms with Gasteiger partial charge < -0.3 is 15.4 Å². The van der Waals surface area contributed by atoms with E-state index < -0.39 is 33.5 Å². The van der Waals surface area contributed by atoms with Crippen molar-refractivity contribution in [2.24, 2.45) is 5.73 Å². The number of ether oxygens (including phenoxy) is 1. The molecule has 11 heteroatoms. The van der Waals surface area contributed by atoms with Crippen molar-refractivity contribution in [3.05, 3.63) is 95.5 Å². The van der Waals surface area contributed by atoms with Crippen molar-refractivity contribution >= 4 is 38.3 Å². The van der Waals surface area contributed by atoms with E-state index in [-0.39, 0.29) is 24.1 Å². The van der Waals surface area contributed by atoms with E-state index in [2.05, 4.69) is 0 Å². The lowest BCUT2D eigenvalue weighted by atomic mass is 9.97. The summed E-state index contributed by atoms with van der Waals surface area (Å²) in [5, 5.41) is 1.87. The predicted molar refractivity (Wildman–Crippen MR) is 173 cm³/mol. The zero-order valence-corrected chi connectivity index (χ0v) is 26.5. The van der Waals surface area contributed by atoms with Crippen LogP contribution in [0.25, 0.3) is 21.9 Å². The van der Waals surface area contributed by atoms with Crippen LogP contribution in [0, 0.1) is 0 Å². The fourth-order valence-electron chi connectivity index (χ4n) is 5.50.